The van der Waals surface area contributed by atoms with Crippen molar-refractivity contribution in [3.05, 3.63) is 75.8 Å². The number of rotatable bonds is 5. The number of carbonyl (C=O) groups is 1. The van der Waals surface area contributed by atoms with Crippen LogP contribution in [0.1, 0.15) is 54.8 Å². The van der Waals surface area contributed by atoms with Gasteiger partial charge in [0.05, 0.1) is 0 Å². The second-order valence-electron chi connectivity index (χ2n) is 8.43. The lowest BCUT2D eigenvalue weighted by Gasteiger charge is -2.21. The molecule has 0 bridgehead atoms. The Morgan fingerprint density at radius 1 is 1.13 bits per heavy atom. The van der Waals surface area contributed by atoms with Gasteiger partial charge in [-0.3, -0.25) is 9.27 Å². The SMILES string of the molecule is CC1=CC(C)=[N+]2B(F)n3c(C)cc(C)c3C(CCC(=O)NCc3ccc(C)cc3)=C12. The zero-order valence-corrected chi connectivity index (χ0v) is 18.3. The number of carbonyl (C=O) groups excluding carboxylic acids is 1. The van der Waals surface area contributed by atoms with Crippen molar-refractivity contribution in [3.8, 4) is 0 Å². The van der Waals surface area contributed by atoms with Crippen LogP contribution in [0.25, 0.3) is 5.57 Å². The highest BCUT2D eigenvalue weighted by Gasteiger charge is 2.50. The second-order valence-corrected chi connectivity index (χ2v) is 8.43. The zero-order chi connectivity index (χ0) is 21.6. The number of nitrogens with zero attached hydrogens (tertiary/aromatic N) is 2. The molecule has 0 saturated carbocycles. The molecule has 2 aliphatic heterocycles. The molecule has 3 heterocycles. The lowest BCUT2D eigenvalue weighted by molar-refractivity contribution is -0.337. The first-order chi connectivity index (χ1) is 14.3. The standard InChI is InChI=1S/C24H27BFN3O/c1-15-6-8-20(9-7-15)14-27-22(30)11-10-21-23-16(2)12-18(4)28(23)25(26)29-19(5)13-17(3)24(21)29/h6-9,12-13H,10-11,14H2,1-5H3/p+1. The molecule has 2 aliphatic rings. The summed E-state index contributed by atoms with van der Waals surface area (Å²) in [4.78, 5) is 12.6. The van der Waals surface area contributed by atoms with Crippen molar-refractivity contribution in [2.75, 3.05) is 0 Å². The van der Waals surface area contributed by atoms with Gasteiger partial charge in [-0.2, -0.15) is 0 Å². The highest BCUT2D eigenvalue weighted by molar-refractivity contribution is 6.43. The molecule has 4 rings (SSSR count). The Balaban J connectivity index is 1.58. The molecule has 154 valence electrons. The van der Waals surface area contributed by atoms with E-state index in [9.17, 15) is 4.79 Å². The van der Waals surface area contributed by atoms with Crippen LogP contribution >= 0.6 is 0 Å². The van der Waals surface area contributed by atoms with Crippen LogP contribution in [0, 0.1) is 20.8 Å². The monoisotopic (exact) mass is 404 g/mol. The number of nitrogens with one attached hydrogen (secondary N) is 1. The summed E-state index contributed by atoms with van der Waals surface area (Å²) >= 11 is 0. The third-order valence-corrected chi connectivity index (χ3v) is 6.05. The molecule has 0 radical (unpaired) electrons. The number of amides is 1. The molecule has 0 saturated heterocycles. The third kappa shape index (κ3) is 3.44. The number of fused-ring (bicyclic) bond motifs is 2. The number of benzene rings is 1. The Kier molecular flexibility index (Phi) is 5.26. The van der Waals surface area contributed by atoms with E-state index in [1.54, 1.807) is 8.96 Å². The fraction of sp³-hybridized carbons (Fsp3) is 0.333. The Morgan fingerprint density at radius 3 is 2.53 bits per heavy atom. The van der Waals surface area contributed by atoms with Gasteiger partial charge in [0.1, 0.15) is 0 Å². The lowest BCUT2D eigenvalue weighted by Crippen LogP contribution is -2.40. The van der Waals surface area contributed by atoms with Gasteiger partial charge in [-0.15, -0.1) is 0 Å². The van der Waals surface area contributed by atoms with Crippen LogP contribution in [0.4, 0.5) is 4.32 Å². The first kappa shape index (κ1) is 20.4. The molecule has 1 aromatic heterocycles. The van der Waals surface area contributed by atoms with Gasteiger partial charge < -0.3 is 5.32 Å². The molecule has 1 amide bonds. The summed E-state index contributed by atoms with van der Waals surface area (Å²) in [6, 6.07) is 10.2. The van der Waals surface area contributed by atoms with E-state index in [1.807, 2.05) is 71.0 Å². The number of hydrogen-bond acceptors (Lipinski definition) is 1. The van der Waals surface area contributed by atoms with E-state index < -0.39 is 7.26 Å². The summed E-state index contributed by atoms with van der Waals surface area (Å²) in [5.74, 6) is 0.00501. The van der Waals surface area contributed by atoms with Crippen LogP contribution in [-0.4, -0.2) is 27.8 Å². The topological polar surface area (TPSA) is 37.0 Å². The number of allylic oxidation sites excluding steroid dienone is 3. The van der Waals surface area contributed by atoms with Crippen LogP contribution < -0.4 is 5.32 Å². The summed E-state index contributed by atoms with van der Waals surface area (Å²) in [7, 11) is -1.25. The molecule has 30 heavy (non-hydrogen) atoms. The van der Waals surface area contributed by atoms with Gasteiger partial charge >= 0.3 is 7.26 Å². The van der Waals surface area contributed by atoms with Gasteiger partial charge in [-0.25, -0.2) is 8.80 Å². The Hall–Kier alpha value is -2.89. The molecule has 2 aromatic rings. The Labute approximate surface area is 178 Å². The van der Waals surface area contributed by atoms with Crippen LogP contribution in [0.2, 0.25) is 0 Å². The predicted molar refractivity (Wildman–Crippen MR) is 120 cm³/mol. The molecular weight excluding hydrogens is 376 g/mol. The van der Waals surface area contributed by atoms with E-state index in [4.69, 9.17) is 0 Å². The quantitative estimate of drug-likeness (QED) is 0.734. The Morgan fingerprint density at radius 2 is 1.83 bits per heavy atom. The fourth-order valence-corrected chi connectivity index (χ4v) is 4.65. The zero-order valence-electron chi connectivity index (χ0n) is 18.3. The fourth-order valence-electron chi connectivity index (χ4n) is 4.65. The smallest absolute Gasteiger partial charge is 0.352 e. The van der Waals surface area contributed by atoms with Crippen molar-refractivity contribution in [2.45, 2.75) is 54.0 Å². The average Bonchev–Trinajstić information content (AvgIpc) is 3.17. The predicted octanol–water partition coefficient (Wildman–Crippen LogP) is 4.47. The van der Waals surface area contributed by atoms with Crippen molar-refractivity contribution in [1.82, 2.24) is 9.79 Å². The molecular formula is C24H28BFN3O+. The molecule has 0 fully saturated rings. The van der Waals surface area contributed by atoms with Gasteiger partial charge in [0, 0.05) is 48.5 Å². The summed E-state index contributed by atoms with van der Waals surface area (Å²) in [5, 5.41) is 3.01. The van der Waals surface area contributed by atoms with Crippen LogP contribution in [-0.2, 0) is 11.3 Å². The van der Waals surface area contributed by atoms with Gasteiger partial charge in [0.25, 0.3) is 0 Å². The summed E-state index contributed by atoms with van der Waals surface area (Å²) in [5.41, 5.74) is 9.06. The van der Waals surface area contributed by atoms with E-state index in [-0.39, 0.29) is 5.91 Å². The normalized spacial score (nSPS) is 15.4. The van der Waals surface area contributed by atoms with Gasteiger partial charge in [0.2, 0.25) is 5.91 Å². The highest BCUT2D eigenvalue weighted by atomic mass is 19.1. The number of aromatic nitrogens is 1. The maximum absolute atomic E-state index is 15.5. The molecule has 0 atom stereocenters. The van der Waals surface area contributed by atoms with E-state index in [1.165, 1.54) is 5.56 Å². The maximum Gasteiger partial charge on any atom is 0.846 e. The minimum absolute atomic E-state index is 0.00501. The van der Waals surface area contributed by atoms with Crippen molar-refractivity contribution < 1.29 is 13.6 Å². The van der Waals surface area contributed by atoms with E-state index in [0.717, 1.165) is 45.1 Å². The molecule has 0 spiro atoms. The minimum Gasteiger partial charge on any atom is -0.352 e. The molecule has 4 nitrogen and oxygen atoms in total. The Bertz CT molecular complexity index is 1120. The lowest BCUT2D eigenvalue weighted by atomic mass is 9.88. The first-order valence-electron chi connectivity index (χ1n) is 10.5. The summed E-state index contributed by atoms with van der Waals surface area (Å²) < 4.78 is 19.0. The molecule has 6 heteroatoms. The van der Waals surface area contributed by atoms with Crippen LogP contribution in [0.5, 0.6) is 0 Å². The largest absolute Gasteiger partial charge is 0.846 e. The maximum atomic E-state index is 15.5. The van der Waals surface area contributed by atoms with Crippen molar-refractivity contribution >= 4 is 24.5 Å². The molecule has 0 unspecified atom stereocenters. The summed E-state index contributed by atoms with van der Waals surface area (Å²) in [6.45, 7) is 10.5. The molecule has 1 N–H and O–H groups in total. The van der Waals surface area contributed by atoms with Crippen LogP contribution in [0.15, 0.2) is 47.7 Å². The molecule has 1 aromatic carbocycles. The first-order valence-corrected chi connectivity index (χ1v) is 10.5. The van der Waals surface area contributed by atoms with E-state index >= 15 is 4.32 Å². The summed E-state index contributed by atoms with van der Waals surface area (Å²) in [6.07, 6.45) is 2.96. The van der Waals surface area contributed by atoms with Crippen LogP contribution in [0.3, 0.4) is 0 Å². The van der Waals surface area contributed by atoms with Crippen molar-refractivity contribution in [1.29, 1.82) is 0 Å². The van der Waals surface area contributed by atoms with Gasteiger partial charge in [-0.05, 0) is 51.3 Å². The number of halogens is 1. The van der Waals surface area contributed by atoms with Crippen molar-refractivity contribution in [2.24, 2.45) is 0 Å². The van der Waals surface area contributed by atoms with E-state index in [2.05, 4.69) is 5.32 Å². The minimum atomic E-state index is -1.25. The average molecular weight is 404 g/mol. The van der Waals surface area contributed by atoms with Crippen molar-refractivity contribution in [3.63, 3.8) is 0 Å². The van der Waals surface area contributed by atoms with Gasteiger partial charge in [-0.1, -0.05) is 29.8 Å². The van der Waals surface area contributed by atoms with Gasteiger partial charge in [0.15, 0.2) is 11.4 Å². The number of hydrogen-bond donors (Lipinski definition) is 1. The third-order valence-electron chi connectivity index (χ3n) is 6.05. The number of aryl methyl sites for hydroxylation is 3. The molecule has 0 aliphatic carbocycles. The van der Waals surface area contributed by atoms with E-state index in [0.29, 0.717) is 19.4 Å². The highest BCUT2D eigenvalue weighted by Crippen LogP contribution is 2.39. The second kappa shape index (κ2) is 7.75.